The third-order valence-corrected chi connectivity index (χ3v) is 5.99. The number of esters is 1. The molecule has 148 valence electrons. The van der Waals surface area contributed by atoms with Crippen molar-refractivity contribution in [1.29, 1.82) is 0 Å². The van der Waals surface area contributed by atoms with Crippen LogP contribution in [-0.2, 0) is 4.74 Å². The Morgan fingerprint density at radius 2 is 2.00 bits per heavy atom. The molecule has 5 nitrogen and oxygen atoms in total. The van der Waals surface area contributed by atoms with E-state index >= 15 is 0 Å². The van der Waals surface area contributed by atoms with Crippen LogP contribution in [0.25, 0.3) is 0 Å². The summed E-state index contributed by atoms with van der Waals surface area (Å²) in [6.45, 7) is 3.52. The number of alkyl halides is 1. The van der Waals surface area contributed by atoms with Gasteiger partial charge in [-0.3, -0.25) is 9.91 Å². The van der Waals surface area contributed by atoms with Crippen LogP contribution in [0.1, 0.15) is 49.9 Å². The molecule has 0 bridgehead atoms. The topological polar surface area (TPSA) is 44.8 Å². The summed E-state index contributed by atoms with van der Waals surface area (Å²) in [5.41, 5.74) is 4.23. The van der Waals surface area contributed by atoms with E-state index in [0.29, 0.717) is 0 Å². The van der Waals surface area contributed by atoms with Crippen molar-refractivity contribution in [2.75, 3.05) is 19.1 Å². The molecule has 3 rings (SSSR count). The molecule has 1 unspecified atom stereocenters. The van der Waals surface area contributed by atoms with Crippen molar-refractivity contribution in [3.05, 3.63) is 39.8 Å². The van der Waals surface area contributed by atoms with Gasteiger partial charge in [0.1, 0.15) is 11.3 Å². The predicted octanol–water partition coefficient (Wildman–Crippen LogP) is 4.65. The summed E-state index contributed by atoms with van der Waals surface area (Å²) >= 11 is 12.7. The maximum Gasteiger partial charge on any atom is 0.341 e. The molecule has 1 atom stereocenters. The fourth-order valence-electron chi connectivity index (χ4n) is 3.11. The third-order valence-electron chi connectivity index (χ3n) is 5.22. The summed E-state index contributed by atoms with van der Waals surface area (Å²) in [6, 6.07) is 2.52. The Hall–Kier alpha value is -1.50. The van der Waals surface area contributed by atoms with Crippen molar-refractivity contribution < 1.29 is 13.9 Å². The Bertz CT molecular complexity index is 795. The minimum absolute atomic E-state index is 0.00107. The fraction of sp³-hybridized carbons (Fsp3) is 0.526. The molecule has 0 radical (unpaired) electrons. The summed E-state index contributed by atoms with van der Waals surface area (Å²) in [5, 5.41) is 1.55. The Morgan fingerprint density at radius 3 is 2.63 bits per heavy atom. The molecule has 0 saturated heterocycles. The van der Waals surface area contributed by atoms with Gasteiger partial charge < -0.3 is 10.2 Å². The highest BCUT2D eigenvalue weighted by Crippen LogP contribution is 2.39. The van der Waals surface area contributed by atoms with Crippen LogP contribution in [0.2, 0.25) is 5.02 Å². The molecule has 1 heterocycles. The Labute approximate surface area is 169 Å². The zero-order valence-corrected chi connectivity index (χ0v) is 17.4. The van der Waals surface area contributed by atoms with E-state index in [9.17, 15) is 9.18 Å². The summed E-state index contributed by atoms with van der Waals surface area (Å²) in [4.78, 5) is 14.4. The largest absolute Gasteiger partial charge is 0.441 e. The first-order valence-corrected chi connectivity index (χ1v) is 9.75. The lowest BCUT2D eigenvalue weighted by Gasteiger charge is -2.32. The lowest BCUT2D eigenvalue weighted by molar-refractivity contribution is -0.0725. The maximum atomic E-state index is 14.7. The van der Waals surface area contributed by atoms with Crippen molar-refractivity contribution in [2.45, 2.75) is 50.8 Å². The Morgan fingerprint density at radius 1 is 1.33 bits per heavy atom. The number of halogens is 3. The van der Waals surface area contributed by atoms with Gasteiger partial charge >= 0.3 is 5.97 Å². The number of carbonyl (C=O) groups is 1. The van der Waals surface area contributed by atoms with Crippen LogP contribution in [0.15, 0.2) is 23.4 Å². The van der Waals surface area contributed by atoms with Crippen molar-refractivity contribution in [3.63, 3.8) is 0 Å². The van der Waals surface area contributed by atoms with E-state index < -0.39 is 23.0 Å². The summed E-state index contributed by atoms with van der Waals surface area (Å²) in [7, 11) is 3.60. The van der Waals surface area contributed by atoms with Gasteiger partial charge in [0, 0.05) is 5.70 Å². The molecule has 1 aromatic carbocycles. The minimum atomic E-state index is -0.837. The quantitative estimate of drug-likeness (QED) is 0.335. The normalized spacial score (nSPS) is 20.0. The van der Waals surface area contributed by atoms with Gasteiger partial charge in [0.15, 0.2) is 5.72 Å². The number of anilines is 1. The first-order chi connectivity index (χ1) is 12.6. The van der Waals surface area contributed by atoms with Gasteiger partial charge in [-0.15, -0.1) is 0 Å². The molecular formula is C19H24Cl2FN3O2. The van der Waals surface area contributed by atoms with Crippen molar-refractivity contribution in [3.8, 4) is 0 Å². The number of hydrogen-bond donors (Lipinski definition) is 1. The SMILES string of the molecule is CN(C)C(C)(C)OC(=O)c1cc(N2NC3=C(CCCC3)C2Cl)c(F)cc1Cl. The lowest BCUT2D eigenvalue weighted by Crippen LogP contribution is -2.42. The minimum Gasteiger partial charge on any atom is -0.441 e. The highest BCUT2D eigenvalue weighted by molar-refractivity contribution is 6.33. The summed E-state index contributed by atoms with van der Waals surface area (Å²) < 4.78 is 20.2. The molecule has 1 aliphatic heterocycles. The Kier molecular flexibility index (Phi) is 5.62. The second-order valence-corrected chi connectivity index (χ2v) is 8.36. The van der Waals surface area contributed by atoms with Gasteiger partial charge in [-0.2, -0.15) is 0 Å². The predicted molar refractivity (Wildman–Crippen MR) is 105 cm³/mol. The van der Waals surface area contributed by atoms with E-state index in [-0.39, 0.29) is 16.3 Å². The van der Waals surface area contributed by atoms with E-state index in [1.165, 1.54) is 6.07 Å². The van der Waals surface area contributed by atoms with Gasteiger partial charge in [-0.25, -0.2) is 9.18 Å². The van der Waals surface area contributed by atoms with Crippen LogP contribution in [0.5, 0.6) is 0 Å². The molecule has 8 heteroatoms. The zero-order chi connectivity index (χ0) is 19.9. The molecule has 1 N–H and O–H groups in total. The molecule has 1 aromatic rings. The van der Waals surface area contributed by atoms with Crippen molar-refractivity contribution >= 4 is 34.9 Å². The molecule has 0 amide bonds. The molecule has 0 fully saturated rings. The smallest absolute Gasteiger partial charge is 0.341 e. The number of benzene rings is 1. The van der Waals surface area contributed by atoms with Crippen molar-refractivity contribution in [1.82, 2.24) is 10.3 Å². The molecule has 1 aliphatic carbocycles. The molecule has 0 spiro atoms. The standard InChI is InChI=1S/C19H24Cl2FN3O2/c1-19(2,24(3)4)27-18(26)12-9-16(14(22)10-13(12)20)25-17(21)11-7-5-6-8-15(11)23-25/h9-10,17,23H,5-8H2,1-4H3. The van der Waals surface area contributed by atoms with Gasteiger partial charge in [-0.1, -0.05) is 23.2 Å². The molecular weight excluding hydrogens is 392 g/mol. The number of carbonyl (C=O) groups excluding carboxylic acids is 1. The number of hydrogen-bond acceptors (Lipinski definition) is 5. The van der Waals surface area contributed by atoms with E-state index in [2.05, 4.69) is 5.43 Å². The maximum absolute atomic E-state index is 14.7. The van der Waals surface area contributed by atoms with Crippen LogP contribution in [0, 0.1) is 5.82 Å². The number of rotatable bonds is 4. The van der Waals surface area contributed by atoms with E-state index in [1.807, 2.05) is 0 Å². The van der Waals surface area contributed by atoms with E-state index in [0.717, 1.165) is 43.0 Å². The van der Waals surface area contributed by atoms with Gasteiger partial charge in [-0.05, 0) is 71.3 Å². The average molecular weight is 416 g/mol. The second kappa shape index (κ2) is 7.49. The van der Waals surface area contributed by atoms with Gasteiger partial charge in [0.25, 0.3) is 0 Å². The van der Waals surface area contributed by atoms with Gasteiger partial charge in [0.05, 0.1) is 16.3 Å². The first kappa shape index (κ1) is 20.2. The molecule has 0 aromatic heterocycles. The number of ether oxygens (including phenoxy) is 1. The summed E-state index contributed by atoms with van der Waals surface area (Å²) in [5.74, 6) is -1.18. The summed E-state index contributed by atoms with van der Waals surface area (Å²) in [6.07, 6.45) is 3.91. The highest BCUT2D eigenvalue weighted by Gasteiger charge is 2.35. The molecule has 0 saturated carbocycles. The monoisotopic (exact) mass is 415 g/mol. The van der Waals surface area contributed by atoms with Crippen LogP contribution < -0.4 is 10.4 Å². The number of allylic oxidation sites excluding steroid dienone is 1. The Balaban J connectivity index is 1.90. The van der Waals surface area contributed by atoms with E-state index in [1.54, 1.807) is 37.9 Å². The average Bonchev–Trinajstić information content (AvgIpc) is 2.91. The third kappa shape index (κ3) is 3.89. The first-order valence-electron chi connectivity index (χ1n) is 8.93. The van der Waals surface area contributed by atoms with Gasteiger partial charge in [0.2, 0.25) is 0 Å². The van der Waals surface area contributed by atoms with Crippen LogP contribution in [0.4, 0.5) is 10.1 Å². The zero-order valence-electron chi connectivity index (χ0n) is 15.9. The van der Waals surface area contributed by atoms with Crippen LogP contribution >= 0.6 is 23.2 Å². The second-order valence-electron chi connectivity index (χ2n) is 7.54. The van der Waals surface area contributed by atoms with Crippen molar-refractivity contribution in [2.24, 2.45) is 0 Å². The van der Waals surface area contributed by atoms with Crippen LogP contribution in [-0.4, -0.2) is 36.2 Å². The fourth-order valence-corrected chi connectivity index (χ4v) is 3.73. The molecule has 27 heavy (non-hydrogen) atoms. The highest BCUT2D eigenvalue weighted by atomic mass is 35.5. The molecule has 2 aliphatic rings. The number of hydrazine groups is 1. The van der Waals surface area contributed by atoms with Crippen LogP contribution in [0.3, 0.4) is 0 Å². The number of nitrogens with one attached hydrogen (secondary N) is 1. The van der Waals surface area contributed by atoms with E-state index in [4.69, 9.17) is 27.9 Å². The lowest BCUT2D eigenvalue weighted by atomic mass is 9.97. The number of nitrogens with zero attached hydrogens (tertiary/aromatic N) is 2.